The van der Waals surface area contributed by atoms with Gasteiger partial charge in [0, 0.05) is 24.0 Å². The Morgan fingerprint density at radius 2 is 1.96 bits per heavy atom. The Hall–Kier alpha value is -2.46. The number of anilines is 1. The summed E-state index contributed by atoms with van der Waals surface area (Å²) in [5, 5.41) is 0.719. The van der Waals surface area contributed by atoms with Crippen LogP contribution in [0.25, 0.3) is 0 Å². The first kappa shape index (κ1) is 15.1. The van der Waals surface area contributed by atoms with Gasteiger partial charge in [-0.25, -0.2) is 4.98 Å². The van der Waals surface area contributed by atoms with Gasteiger partial charge in [-0.15, -0.1) is 0 Å². The summed E-state index contributed by atoms with van der Waals surface area (Å²) in [6.07, 6.45) is 3.89. The normalized spacial score (nSPS) is 13.5. The van der Waals surface area contributed by atoms with Gasteiger partial charge in [0.05, 0.1) is 18.8 Å². The smallest absolute Gasteiger partial charge is 0.142 e. The summed E-state index contributed by atoms with van der Waals surface area (Å²) < 4.78 is 7.92. The molecule has 122 valence electrons. The van der Waals surface area contributed by atoms with Gasteiger partial charge in [-0.05, 0) is 23.8 Å². The Balaban J connectivity index is 1.57. The van der Waals surface area contributed by atoms with Crippen molar-refractivity contribution in [2.45, 2.75) is 13.1 Å². The van der Waals surface area contributed by atoms with Crippen molar-refractivity contribution >= 4 is 17.3 Å². The van der Waals surface area contributed by atoms with Crippen LogP contribution >= 0.6 is 11.6 Å². The van der Waals surface area contributed by atoms with Crippen molar-refractivity contribution in [3.8, 4) is 5.75 Å². The van der Waals surface area contributed by atoms with Crippen LogP contribution in [0.15, 0.2) is 60.9 Å². The van der Waals surface area contributed by atoms with Crippen molar-refractivity contribution < 1.29 is 4.74 Å². The van der Waals surface area contributed by atoms with Crippen molar-refractivity contribution in [1.82, 2.24) is 9.55 Å². The third kappa shape index (κ3) is 3.10. The quantitative estimate of drug-likeness (QED) is 0.720. The molecule has 1 aliphatic rings. The molecule has 4 nitrogen and oxygen atoms in total. The first-order valence-electron chi connectivity index (χ1n) is 8.01. The van der Waals surface area contributed by atoms with E-state index in [1.54, 1.807) is 0 Å². The number of aromatic nitrogens is 2. The van der Waals surface area contributed by atoms with Crippen LogP contribution in [-0.4, -0.2) is 22.7 Å². The lowest BCUT2D eigenvalue weighted by molar-refractivity contribution is 0.306. The molecule has 0 aliphatic carbocycles. The molecule has 0 fully saturated rings. The number of rotatable bonds is 4. The van der Waals surface area contributed by atoms with Gasteiger partial charge in [-0.2, -0.15) is 0 Å². The summed E-state index contributed by atoms with van der Waals surface area (Å²) >= 11 is 6.16. The Kier molecular flexibility index (Phi) is 4.13. The standard InChI is InChI=1S/C19H18ClN3O/c20-16-6-7-18-17(12-16)22(10-11-24-18)14-19-21-8-9-23(19)13-15-4-2-1-3-5-15/h1-9,12H,10-11,13-14H2. The van der Waals surface area contributed by atoms with E-state index < -0.39 is 0 Å². The predicted molar refractivity (Wildman–Crippen MR) is 95.8 cm³/mol. The highest BCUT2D eigenvalue weighted by Gasteiger charge is 2.20. The molecule has 24 heavy (non-hydrogen) atoms. The number of hydrogen-bond donors (Lipinski definition) is 0. The van der Waals surface area contributed by atoms with E-state index in [1.807, 2.05) is 36.7 Å². The predicted octanol–water partition coefficient (Wildman–Crippen LogP) is 3.98. The van der Waals surface area contributed by atoms with Crippen LogP contribution in [0.1, 0.15) is 11.4 Å². The van der Waals surface area contributed by atoms with E-state index in [2.05, 4.69) is 38.7 Å². The minimum absolute atomic E-state index is 0.675. The van der Waals surface area contributed by atoms with Gasteiger partial charge < -0.3 is 14.2 Å². The van der Waals surface area contributed by atoms with Crippen molar-refractivity contribution in [2.24, 2.45) is 0 Å². The largest absolute Gasteiger partial charge is 0.490 e. The number of imidazole rings is 1. The highest BCUT2D eigenvalue weighted by Crippen LogP contribution is 2.34. The summed E-state index contributed by atoms with van der Waals surface area (Å²) in [6, 6.07) is 16.2. The van der Waals surface area contributed by atoms with Gasteiger partial charge in [0.15, 0.2) is 0 Å². The zero-order chi connectivity index (χ0) is 16.4. The first-order chi connectivity index (χ1) is 11.8. The van der Waals surface area contributed by atoms with Crippen LogP contribution < -0.4 is 9.64 Å². The van der Waals surface area contributed by atoms with Gasteiger partial charge in [-0.1, -0.05) is 41.9 Å². The van der Waals surface area contributed by atoms with Gasteiger partial charge in [0.25, 0.3) is 0 Å². The van der Waals surface area contributed by atoms with Crippen LogP contribution in [0.4, 0.5) is 5.69 Å². The maximum atomic E-state index is 6.16. The molecular formula is C19H18ClN3O. The molecule has 2 aromatic carbocycles. The monoisotopic (exact) mass is 339 g/mol. The maximum Gasteiger partial charge on any atom is 0.142 e. The summed E-state index contributed by atoms with van der Waals surface area (Å²) in [7, 11) is 0. The minimum Gasteiger partial charge on any atom is -0.490 e. The molecule has 0 unspecified atom stereocenters. The third-order valence-corrected chi connectivity index (χ3v) is 4.45. The number of hydrogen-bond acceptors (Lipinski definition) is 3. The van der Waals surface area contributed by atoms with E-state index in [1.165, 1.54) is 5.56 Å². The van der Waals surface area contributed by atoms with Crippen LogP contribution in [0, 0.1) is 0 Å². The lowest BCUT2D eigenvalue weighted by Gasteiger charge is -2.31. The molecule has 0 N–H and O–H groups in total. The minimum atomic E-state index is 0.675. The highest BCUT2D eigenvalue weighted by molar-refractivity contribution is 6.30. The zero-order valence-electron chi connectivity index (χ0n) is 13.2. The number of benzene rings is 2. The molecule has 0 saturated carbocycles. The van der Waals surface area contributed by atoms with E-state index in [-0.39, 0.29) is 0 Å². The Bertz CT molecular complexity index is 832. The van der Waals surface area contributed by atoms with Gasteiger partial charge in [0.1, 0.15) is 18.2 Å². The summed E-state index contributed by atoms with van der Waals surface area (Å²) in [4.78, 5) is 6.82. The average Bonchev–Trinajstić information content (AvgIpc) is 3.03. The molecule has 5 heteroatoms. The summed E-state index contributed by atoms with van der Waals surface area (Å²) in [6.45, 7) is 3.05. The maximum absolute atomic E-state index is 6.16. The zero-order valence-corrected chi connectivity index (χ0v) is 14.0. The number of ether oxygens (including phenoxy) is 1. The van der Waals surface area contributed by atoms with Crippen molar-refractivity contribution in [1.29, 1.82) is 0 Å². The Morgan fingerprint density at radius 1 is 1.08 bits per heavy atom. The second kappa shape index (κ2) is 6.57. The van der Waals surface area contributed by atoms with E-state index in [9.17, 15) is 0 Å². The van der Waals surface area contributed by atoms with Gasteiger partial charge in [0.2, 0.25) is 0 Å². The van der Waals surface area contributed by atoms with Gasteiger partial charge >= 0.3 is 0 Å². The number of nitrogens with zero attached hydrogens (tertiary/aromatic N) is 3. The lowest BCUT2D eigenvalue weighted by atomic mass is 10.2. The SMILES string of the molecule is Clc1ccc2c(c1)N(Cc1nccn1Cc1ccccc1)CCO2. The van der Waals surface area contributed by atoms with Crippen molar-refractivity contribution in [2.75, 3.05) is 18.1 Å². The van der Waals surface area contributed by atoms with Gasteiger partial charge in [-0.3, -0.25) is 0 Å². The lowest BCUT2D eigenvalue weighted by Crippen LogP contribution is -2.33. The van der Waals surface area contributed by atoms with Crippen LogP contribution in [-0.2, 0) is 13.1 Å². The topological polar surface area (TPSA) is 30.3 Å². The Labute approximate surface area is 146 Å². The van der Waals surface area contributed by atoms with E-state index >= 15 is 0 Å². The highest BCUT2D eigenvalue weighted by atomic mass is 35.5. The van der Waals surface area contributed by atoms with E-state index in [0.29, 0.717) is 6.61 Å². The molecule has 1 aliphatic heterocycles. The second-order valence-corrected chi connectivity index (χ2v) is 6.28. The molecule has 0 spiro atoms. The summed E-state index contributed by atoms with van der Waals surface area (Å²) in [5.41, 5.74) is 2.30. The summed E-state index contributed by atoms with van der Waals surface area (Å²) in [5.74, 6) is 1.92. The second-order valence-electron chi connectivity index (χ2n) is 5.84. The van der Waals surface area contributed by atoms with Crippen molar-refractivity contribution in [3.05, 3.63) is 77.3 Å². The molecule has 0 atom stereocenters. The molecule has 0 saturated heterocycles. The van der Waals surface area contributed by atoms with Crippen molar-refractivity contribution in [3.63, 3.8) is 0 Å². The van der Waals surface area contributed by atoms with E-state index in [4.69, 9.17) is 16.3 Å². The molecular weight excluding hydrogens is 322 g/mol. The fourth-order valence-corrected chi connectivity index (χ4v) is 3.16. The van der Waals surface area contributed by atoms with Crippen LogP contribution in [0.3, 0.4) is 0 Å². The molecule has 0 amide bonds. The fourth-order valence-electron chi connectivity index (χ4n) is 3.00. The third-order valence-electron chi connectivity index (χ3n) is 4.21. The molecule has 0 bridgehead atoms. The molecule has 4 rings (SSSR count). The Morgan fingerprint density at radius 3 is 2.83 bits per heavy atom. The molecule has 3 aromatic rings. The van der Waals surface area contributed by atoms with E-state index in [0.717, 1.165) is 41.9 Å². The average molecular weight is 340 g/mol. The first-order valence-corrected chi connectivity index (χ1v) is 8.38. The number of halogens is 1. The fraction of sp³-hybridized carbons (Fsp3) is 0.211. The molecule has 0 radical (unpaired) electrons. The van der Waals surface area contributed by atoms with Crippen LogP contribution in [0.2, 0.25) is 5.02 Å². The molecule has 1 aromatic heterocycles. The number of fused-ring (bicyclic) bond motifs is 1. The molecule has 2 heterocycles. The van der Waals surface area contributed by atoms with Crippen LogP contribution in [0.5, 0.6) is 5.75 Å².